The van der Waals surface area contributed by atoms with Gasteiger partial charge in [0.25, 0.3) is 5.91 Å². The summed E-state index contributed by atoms with van der Waals surface area (Å²) >= 11 is 0. The van der Waals surface area contributed by atoms with E-state index in [9.17, 15) is 9.90 Å². The van der Waals surface area contributed by atoms with Crippen LogP contribution in [0.2, 0.25) is 0 Å². The van der Waals surface area contributed by atoms with Gasteiger partial charge in [-0.15, -0.1) is 0 Å². The van der Waals surface area contributed by atoms with Crippen molar-refractivity contribution in [1.82, 2.24) is 9.88 Å². The minimum atomic E-state index is -0.316. The topological polar surface area (TPSA) is 65.6 Å². The fourth-order valence-electron chi connectivity index (χ4n) is 4.00. The molecule has 2 aliphatic rings. The molecule has 1 saturated carbocycles. The molecule has 1 aliphatic heterocycles. The predicted molar refractivity (Wildman–Crippen MR) is 87.3 cm³/mol. The summed E-state index contributed by atoms with van der Waals surface area (Å²) < 4.78 is 5.61. The van der Waals surface area contributed by atoms with E-state index in [1.807, 2.05) is 35.4 Å². The molecule has 2 heterocycles. The molecule has 5 nitrogen and oxygen atoms in total. The first-order chi connectivity index (χ1) is 11.2. The van der Waals surface area contributed by atoms with Crippen LogP contribution in [0.25, 0.3) is 10.9 Å². The summed E-state index contributed by atoms with van der Waals surface area (Å²) in [7, 11) is 0. The Bertz CT molecular complexity index is 711. The molecule has 4 rings (SSSR count). The van der Waals surface area contributed by atoms with Crippen molar-refractivity contribution in [3.05, 3.63) is 36.0 Å². The van der Waals surface area contributed by atoms with Crippen molar-refractivity contribution < 1.29 is 14.6 Å². The molecule has 2 fully saturated rings. The van der Waals surface area contributed by atoms with Gasteiger partial charge < -0.3 is 19.7 Å². The van der Waals surface area contributed by atoms with E-state index in [0.29, 0.717) is 25.3 Å². The second-order valence-electron chi connectivity index (χ2n) is 6.58. The number of nitrogens with one attached hydrogen (secondary N) is 1. The summed E-state index contributed by atoms with van der Waals surface area (Å²) in [5.74, 6) is 0.177. The third-order valence-corrected chi connectivity index (χ3v) is 5.25. The van der Waals surface area contributed by atoms with Crippen molar-refractivity contribution >= 4 is 16.8 Å². The summed E-state index contributed by atoms with van der Waals surface area (Å²) in [6, 6.07) is 7.71. The van der Waals surface area contributed by atoms with Gasteiger partial charge in [-0.3, -0.25) is 4.79 Å². The number of rotatable bonds is 2. The van der Waals surface area contributed by atoms with Crippen LogP contribution in [-0.2, 0) is 4.74 Å². The second kappa shape index (κ2) is 5.98. The van der Waals surface area contributed by atoms with Crippen LogP contribution in [0.4, 0.5) is 0 Å². The zero-order valence-electron chi connectivity index (χ0n) is 13.1. The molecule has 1 amide bonds. The Kier molecular flexibility index (Phi) is 3.83. The number of morpholine rings is 1. The monoisotopic (exact) mass is 314 g/mol. The van der Waals surface area contributed by atoms with Crippen LogP contribution in [0.5, 0.6) is 0 Å². The summed E-state index contributed by atoms with van der Waals surface area (Å²) in [4.78, 5) is 18.1. The van der Waals surface area contributed by atoms with Gasteiger partial charge in [-0.25, -0.2) is 0 Å². The van der Waals surface area contributed by atoms with Crippen molar-refractivity contribution in [3.63, 3.8) is 0 Å². The molecule has 1 aromatic heterocycles. The number of aliphatic hydroxyl groups excluding tert-OH is 1. The van der Waals surface area contributed by atoms with Crippen LogP contribution < -0.4 is 0 Å². The van der Waals surface area contributed by atoms with E-state index < -0.39 is 0 Å². The Balaban J connectivity index is 1.61. The number of aliphatic hydroxyl groups is 1. The maximum atomic E-state index is 13.0. The predicted octanol–water partition coefficient (Wildman–Crippen LogP) is 2.17. The average molecular weight is 314 g/mol. The number of benzene rings is 1. The smallest absolute Gasteiger partial charge is 0.254 e. The minimum absolute atomic E-state index is 0.0179. The molecule has 0 radical (unpaired) electrons. The van der Waals surface area contributed by atoms with Gasteiger partial charge in [0.15, 0.2) is 0 Å². The van der Waals surface area contributed by atoms with E-state index in [1.165, 1.54) is 0 Å². The lowest BCUT2D eigenvalue weighted by Crippen LogP contribution is -2.53. The fourth-order valence-corrected chi connectivity index (χ4v) is 4.00. The molecule has 23 heavy (non-hydrogen) atoms. The quantitative estimate of drug-likeness (QED) is 0.893. The number of carbonyl (C=O) groups excluding carboxylic acids is 1. The number of amides is 1. The first-order valence-corrected chi connectivity index (χ1v) is 8.38. The third kappa shape index (κ3) is 2.64. The van der Waals surface area contributed by atoms with E-state index in [1.54, 1.807) is 0 Å². The Morgan fingerprint density at radius 1 is 1.30 bits per heavy atom. The zero-order chi connectivity index (χ0) is 15.8. The van der Waals surface area contributed by atoms with E-state index in [2.05, 4.69) is 4.98 Å². The summed E-state index contributed by atoms with van der Waals surface area (Å²) in [5.41, 5.74) is 1.74. The van der Waals surface area contributed by atoms with Crippen LogP contribution in [-0.4, -0.2) is 52.8 Å². The van der Waals surface area contributed by atoms with Gasteiger partial charge in [0.1, 0.15) is 0 Å². The summed E-state index contributed by atoms with van der Waals surface area (Å²) in [6.45, 7) is 1.69. The lowest BCUT2D eigenvalue weighted by Gasteiger charge is -2.40. The van der Waals surface area contributed by atoms with Gasteiger partial charge in [-0.1, -0.05) is 6.42 Å². The molecule has 2 N–H and O–H groups in total. The SMILES string of the molecule is O=C(c1ccc2[nH]ccc2c1)N1CCOC[C@@H]1[C@H]1CCC[C@H]1O. The van der Waals surface area contributed by atoms with Crippen LogP contribution in [0.15, 0.2) is 30.5 Å². The van der Waals surface area contributed by atoms with Gasteiger partial charge >= 0.3 is 0 Å². The van der Waals surface area contributed by atoms with Gasteiger partial charge in [-0.05, 0) is 37.1 Å². The Morgan fingerprint density at radius 2 is 2.22 bits per heavy atom. The molecule has 0 bridgehead atoms. The molecule has 5 heteroatoms. The number of aromatic nitrogens is 1. The average Bonchev–Trinajstić information content (AvgIpc) is 3.22. The van der Waals surface area contributed by atoms with Gasteiger partial charge in [0.05, 0.1) is 25.4 Å². The molecule has 3 atom stereocenters. The Hall–Kier alpha value is -1.85. The van der Waals surface area contributed by atoms with Crippen LogP contribution in [0.1, 0.15) is 29.6 Å². The normalized spacial score (nSPS) is 28.4. The van der Waals surface area contributed by atoms with Crippen molar-refractivity contribution in [2.24, 2.45) is 5.92 Å². The van der Waals surface area contributed by atoms with E-state index in [0.717, 1.165) is 30.2 Å². The van der Waals surface area contributed by atoms with E-state index in [-0.39, 0.29) is 24.0 Å². The lowest BCUT2D eigenvalue weighted by atomic mass is 9.93. The molecule has 1 aromatic carbocycles. The summed E-state index contributed by atoms with van der Waals surface area (Å²) in [5, 5.41) is 11.3. The van der Waals surface area contributed by atoms with Crippen molar-refractivity contribution in [2.45, 2.75) is 31.4 Å². The lowest BCUT2D eigenvalue weighted by molar-refractivity contribution is -0.0383. The highest BCUT2D eigenvalue weighted by atomic mass is 16.5. The van der Waals surface area contributed by atoms with Gasteiger partial charge in [-0.2, -0.15) is 0 Å². The minimum Gasteiger partial charge on any atom is -0.393 e. The van der Waals surface area contributed by atoms with Crippen LogP contribution >= 0.6 is 0 Å². The molecule has 2 aromatic rings. The fraction of sp³-hybridized carbons (Fsp3) is 0.500. The molecular weight excluding hydrogens is 292 g/mol. The zero-order valence-corrected chi connectivity index (χ0v) is 13.1. The second-order valence-corrected chi connectivity index (χ2v) is 6.58. The molecule has 1 saturated heterocycles. The number of ether oxygens (including phenoxy) is 1. The van der Waals surface area contributed by atoms with Crippen LogP contribution in [0.3, 0.4) is 0 Å². The van der Waals surface area contributed by atoms with Crippen molar-refractivity contribution in [1.29, 1.82) is 0 Å². The third-order valence-electron chi connectivity index (χ3n) is 5.25. The highest BCUT2D eigenvalue weighted by Crippen LogP contribution is 2.33. The van der Waals surface area contributed by atoms with E-state index in [4.69, 9.17) is 4.74 Å². The number of fused-ring (bicyclic) bond motifs is 1. The largest absolute Gasteiger partial charge is 0.393 e. The molecule has 0 unspecified atom stereocenters. The Labute approximate surface area is 135 Å². The summed E-state index contributed by atoms with van der Waals surface area (Å²) in [6.07, 6.45) is 4.39. The van der Waals surface area contributed by atoms with E-state index >= 15 is 0 Å². The number of nitrogens with zero attached hydrogens (tertiary/aromatic N) is 1. The first-order valence-electron chi connectivity index (χ1n) is 8.38. The highest BCUT2D eigenvalue weighted by molar-refractivity contribution is 5.98. The first kappa shape index (κ1) is 14.7. The number of hydrogen-bond donors (Lipinski definition) is 2. The van der Waals surface area contributed by atoms with Crippen molar-refractivity contribution in [3.8, 4) is 0 Å². The Morgan fingerprint density at radius 3 is 3.04 bits per heavy atom. The number of hydrogen-bond acceptors (Lipinski definition) is 3. The van der Waals surface area contributed by atoms with Crippen LogP contribution in [0, 0.1) is 5.92 Å². The number of aromatic amines is 1. The highest BCUT2D eigenvalue weighted by Gasteiger charge is 2.39. The molecule has 1 aliphatic carbocycles. The van der Waals surface area contributed by atoms with Gasteiger partial charge in [0.2, 0.25) is 0 Å². The maximum Gasteiger partial charge on any atom is 0.254 e. The molecular formula is C18H22N2O3. The number of H-pyrrole nitrogens is 1. The molecule has 122 valence electrons. The van der Waals surface area contributed by atoms with Gasteiger partial charge in [0, 0.05) is 35.1 Å². The maximum absolute atomic E-state index is 13.0. The standard InChI is InChI=1S/C18H22N2O3/c21-17-3-1-2-14(17)16-11-23-9-8-20(16)18(22)13-4-5-15-12(10-13)6-7-19-15/h4-7,10,14,16-17,19,21H,1-3,8-9,11H2/t14-,16-,17-/m1/s1. The number of carbonyl (C=O) groups is 1. The van der Waals surface area contributed by atoms with Crippen molar-refractivity contribution in [2.75, 3.05) is 19.8 Å². The molecule has 0 spiro atoms.